The highest BCUT2D eigenvalue weighted by molar-refractivity contribution is 5.99. The SMILES string of the molecule is Cc1ccc(-n2nc(C(C)(C)C)cc2NC(=O)Nc2cccc(CC3CC4CCC(C3)N4C(=O)c3cnccc3C(F)(F)F)c2)cc1. The van der Waals surface area contributed by atoms with Crippen molar-refractivity contribution in [1.29, 1.82) is 0 Å². The summed E-state index contributed by atoms with van der Waals surface area (Å²) in [5, 5.41) is 10.7. The molecule has 4 heterocycles. The average Bonchev–Trinajstić information content (AvgIpc) is 3.55. The fourth-order valence-electron chi connectivity index (χ4n) is 6.85. The van der Waals surface area contributed by atoms with Gasteiger partial charge in [-0.25, -0.2) is 9.48 Å². The van der Waals surface area contributed by atoms with Crippen LogP contribution in [0.5, 0.6) is 0 Å². The summed E-state index contributed by atoms with van der Waals surface area (Å²) >= 11 is 0. The molecule has 4 aromatic rings. The van der Waals surface area contributed by atoms with Crippen LogP contribution in [0.3, 0.4) is 0 Å². The van der Waals surface area contributed by atoms with E-state index in [4.69, 9.17) is 5.10 Å². The molecule has 2 bridgehead atoms. The zero-order valence-corrected chi connectivity index (χ0v) is 26.9. The van der Waals surface area contributed by atoms with Crippen LogP contribution in [0, 0.1) is 12.8 Å². The fraction of sp³-hybridized carbons (Fsp3) is 0.389. The third-order valence-electron chi connectivity index (χ3n) is 9.13. The summed E-state index contributed by atoms with van der Waals surface area (Å²) in [5.41, 5.74) is 2.95. The van der Waals surface area contributed by atoms with Crippen molar-refractivity contribution < 1.29 is 22.8 Å². The van der Waals surface area contributed by atoms with Crippen molar-refractivity contribution >= 4 is 23.4 Å². The Hall–Kier alpha value is -4.67. The van der Waals surface area contributed by atoms with Crippen LogP contribution in [-0.4, -0.2) is 43.7 Å². The maximum Gasteiger partial charge on any atom is 0.417 e. The molecule has 2 aliphatic heterocycles. The van der Waals surface area contributed by atoms with E-state index in [1.165, 1.54) is 0 Å². The van der Waals surface area contributed by atoms with E-state index < -0.39 is 23.7 Å². The standard InChI is InChI=1S/C36H39F3N6O2/c1-22-8-10-26(11-9-22)45-32(20-31(43-45)35(2,3)4)42-34(47)41-25-7-5-6-23(17-25)16-24-18-27-12-13-28(19-24)44(27)33(46)29-21-40-15-14-30(29)36(37,38)39/h5-11,14-15,17,20-21,24,27-28H,12-13,16,18-19H2,1-4H3,(H2,41,42,47). The van der Waals surface area contributed by atoms with Crippen LogP contribution >= 0.6 is 0 Å². The summed E-state index contributed by atoms with van der Waals surface area (Å²) < 4.78 is 42.6. The van der Waals surface area contributed by atoms with Crippen LogP contribution in [0.2, 0.25) is 0 Å². The molecule has 2 aromatic heterocycles. The van der Waals surface area contributed by atoms with Crippen molar-refractivity contribution in [3.05, 3.63) is 101 Å². The van der Waals surface area contributed by atoms with E-state index in [0.717, 1.165) is 60.2 Å². The van der Waals surface area contributed by atoms with Gasteiger partial charge in [0.15, 0.2) is 0 Å². The quantitative estimate of drug-likeness (QED) is 0.222. The first-order valence-corrected chi connectivity index (χ1v) is 15.9. The third kappa shape index (κ3) is 7.03. The highest BCUT2D eigenvalue weighted by Crippen LogP contribution is 2.42. The second-order valence-corrected chi connectivity index (χ2v) is 13.7. The van der Waals surface area contributed by atoms with Crippen LogP contribution in [0.15, 0.2) is 73.1 Å². The molecule has 2 N–H and O–H groups in total. The Morgan fingerprint density at radius 1 is 0.936 bits per heavy atom. The first-order chi connectivity index (χ1) is 22.3. The molecule has 246 valence electrons. The summed E-state index contributed by atoms with van der Waals surface area (Å²) in [6.07, 6.45) is 1.17. The number of pyridine rings is 1. The molecule has 8 nitrogen and oxygen atoms in total. The number of urea groups is 1. The lowest BCUT2D eigenvalue weighted by molar-refractivity contribution is -0.138. The number of carbonyl (C=O) groups excluding carboxylic acids is 2. The van der Waals surface area contributed by atoms with E-state index in [-0.39, 0.29) is 29.0 Å². The molecule has 2 saturated heterocycles. The Bertz CT molecular complexity index is 1760. The number of hydrogen-bond donors (Lipinski definition) is 2. The van der Waals surface area contributed by atoms with Gasteiger partial charge in [0.25, 0.3) is 5.91 Å². The van der Waals surface area contributed by atoms with E-state index in [9.17, 15) is 22.8 Å². The lowest BCUT2D eigenvalue weighted by Crippen LogP contribution is -2.47. The number of aromatic nitrogens is 3. The van der Waals surface area contributed by atoms with Crippen LogP contribution < -0.4 is 10.6 Å². The van der Waals surface area contributed by atoms with E-state index in [1.807, 2.05) is 61.5 Å². The number of benzene rings is 2. The van der Waals surface area contributed by atoms with E-state index >= 15 is 0 Å². The Morgan fingerprint density at radius 2 is 1.64 bits per heavy atom. The molecule has 6 rings (SSSR count). The van der Waals surface area contributed by atoms with Crippen LogP contribution in [-0.2, 0) is 18.0 Å². The molecular formula is C36H39F3N6O2. The van der Waals surface area contributed by atoms with E-state index in [0.29, 0.717) is 24.3 Å². The van der Waals surface area contributed by atoms with E-state index in [1.54, 1.807) is 9.58 Å². The third-order valence-corrected chi connectivity index (χ3v) is 9.13. The number of nitrogens with one attached hydrogen (secondary N) is 2. The minimum Gasteiger partial charge on any atom is -0.333 e. The van der Waals surface area contributed by atoms with Gasteiger partial charge in [0, 0.05) is 41.6 Å². The van der Waals surface area contributed by atoms with Crippen molar-refractivity contribution in [2.24, 2.45) is 5.92 Å². The second-order valence-electron chi connectivity index (χ2n) is 13.7. The summed E-state index contributed by atoms with van der Waals surface area (Å²) in [5.74, 6) is 0.223. The Labute approximate surface area is 272 Å². The van der Waals surface area contributed by atoms with Gasteiger partial charge in [0.1, 0.15) is 5.82 Å². The van der Waals surface area contributed by atoms with E-state index in [2.05, 4.69) is 36.4 Å². The highest BCUT2D eigenvalue weighted by atomic mass is 19.4. The van der Waals surface area contributed by atoms with Gasteiger partial charge in [-0.1, -0.05) is 50.6 Å². The molecule has 2 atom stereocenters. The molecule has 11 heteroatoms. The van der Waals surface area contributed by atoms with Gasteiger partial charge in [0.2, 0.25) is 0 Å². The summed E-state index contributed by atoms with van der Waals surface area (Å²) in [7, 11) is 0. The Kier molecular flexibility index (Phi) is 8.59. The topological polar surface area (TPSA) is 92.2 Å². The van der Waals surface area contributed by atoms with Gasteiger partial charge in [-0.2, -0.15) is 18.3 Å². The molecule has 0 aliphatic carbocycles. The molecule has 2 unspecified atom stereocenters. The number of anilines is 2. The van der Waals surface area contributed by atoms with Crippen LogP contribution in [0.1, 0.15) is 79.2 Å². The van der Waals surface area contributed by atoms with Gasteiger partial charge >= 0.3 is 12.2 Å². The normalized spacial score (nSPS) is 19.5. The fourth-order valence-corrected chi connectivity index (χ4v) is 6.85. The first kappa shape index (κ1) is 32.3. The average molecular weight is 645 g/mol. The number of amides is 3. The predicted molar refractivity (Wildman–Crippen MR) is 175 cm³/mol. The van der Waals surface area contributed by atoms with Crippen molar-refractivity contribution in [3.63, 3.8) is 0 Å². The summed E-state index contributed by atoms with van der Waals surface area (Å²) in [6.45, 7) is 8.23. The molecule has 0 spiro atoms. The first-order valence-electron chi connectivity index (χ1n) is 15.9. The maximum absolute atomic E-state index is 13.6. The monoisotopic (exact) mass is 644 g/mol. The minimum atomic E-state index is -4.63. The molecule has 3 amide bonds. The van der Waals surface area contributed by atoms with Crippen molar-refractivity contribution in [1.82, 2.24) is 19.7 Å². The largest absolute Gasteiger partial charge is 0.417 e. The molecule has 0 radical (unpaired) electrons. The second kappa shape index (κ2) is 12.5. The van der Waals surface area contributed by atoms with Crippen LogP contribution in [0.25, 0.3) is 5.69 Å². The molecule has 0 saturated carbocycles. The molecular weight excluding hydrogens is 605 g/mol. The van der Waals surface area contributed by atoms with Gasteiger partial charge in [0.05, 0.1) is 22.5 Å². The van der Waals surface area contributed by atoms with Crippen molar-refractivity contribution in [2.75, 3.05) is 10.6 Å². The molecule has 2 aromatic carbocycles. The number of rotatable bonds is 6. The Balaban J connectivity index is 1.11. The number of halogens is 3. The van der Waals surface area contributed by atoms with Crippen molar-refractivity contribution in [3.8, 4) is 5.69 Å². The maximum atomic E-state index is 13.6. The summed E-state index contributed by atoms with van der Waals surface area (Å²) in [4.78, 5) is 32.0. The number of aryl methyl sites for hydroxylation is 1. The number of alkyl halides is 3. The van der Waals surface area contributed by atoms with Gasteiger partial charge in [-0.05, 0) is 80.8 Å². The zero-order valence-electron chi connectivity index (χ0n) is 26.9. The lowest BCUT2D eigenvalue weighted by Gasteiger charge is -2.39. The summed E-state index contributed by atoms with van der Waals surface area (Å²) in [6, 6.07) is 17.7. The molecule has 2 fully saturated rings. The number of carbonyl (C=O) groups is 2. The zero-order chi connectivity index (χ0) is 33.5. The lowest BCUT2D eigenvalue weighted by atomic mass is 9.85. The molecule has 2 aliphatic rings. The number of hydrogen-bond acceptors (Lipinski definition) is 4. The number of piperidine rings is 1. The smallest absolute Gasteiger partial charge is 0.333 e. The van der Waals surface area contributed by atoms with Gasteiger partial charge in [-0.15, -0.1) is 0 Å². The number of nitrogens with zero attached hydrogens (tertiary/aromatic N) is 4. The van der Waals surface area contributed by atoms with Crippen LogP contribution in [0.4, 0.5) is 29.5 Å². The van der Waals surface area contributed by atoms with Gasteiger partial charge in [-0.3, -0.25) is 15.1 Å². The molecule has 47 heavy (non-hydrogen) atoms. The van der Waals surface area contributed by atoms with Crippen molar-refractivity contribution in [2.45, 2.75) is 83.5 Å². The van der Waals surface area contributed by atoms with Gasteiger partial charge < -0.3 is 10.2 Å². The predicted octanol–water partition coefficient (Wildman–Crippen LogP) is 8.16. The minimum absolute atomic E-state index is 0.115. The number of fused-ring (bicyclic) bond motifs is 2. The highest BCUT2D eigenvalue weighted by Gasteiger charge is 2.45. The Morgan fingerprint density at radius 3 is 2.30 bits per heavy atom.